The molecule has 0 spiro atoms. The van der Waals surface area contributed by atoms with Gasteiger partial charge in [-0.05, 0) is 30.3 Å². The highest BCUT2D eigenvalue weighted by molar-refractivity contribution is 7.99. The van der Waals surface area contributed by atoms with E-state index in [1.54, 1.807) is 11.8 Å². The molecular formula is C25H18O2S. The molecule has 0 amide bonds. The molecule has 3 heteroatoms. The van der Waals surface area contributed by atoms with E-state index in [0.717, 1.165) is 26.5 Å². The first-order valence-corrected chi connectivity index (χ1v) is 10.00. The minimum atomic E-state index is -1.29. The van der Waals surface area contributed by atoms with Crippen LogP contribution in [0, 0.1) is 0 Å². The maximum atomic E-state index is 12.2. The molecule has 28 heavy (non-hydrogen) atoms. The molecular weight excluding hydrogens is 364 g/mol. The highest BCUT2D eigenvalue weighted by Gasteiger charge is 2.43. The third kappa shape index (κ3) is 2.71. The van der Waals surface area contributed by atoms with Crippen molar-refractivity contribution in [2.24, 2.45) is 0 Å². The number of fused-ring (bicyclic) bond motifs is 2. The summed E-state index contributed by atoms with van der Waals surface area (Å²) in [6, 6.07) is 33.7. The average Bonchev–Trinajstić information content (AvgIpc) is 2.75. The molecule has 0 aliphatic carbocycles. The van der Waals surface area contributed by atoms with Crippen molar-refractivity contribution >= 4 is 11.8 Å². The molecule has 4 aromatic rings. The zero-order valence-electron chi connectivity index (χ0n) is 15.1. The van der Waals surface area contributed by atoms with E-state index in [1.165, 1.54) is 0 Å². The minimum absolute atomic E-state index is 0.684. The molecule has 0 aromatic heterocycles. The summed E-state index contributed by atoms with van der Waals surface area (Å²) in [5.74, 6) is 1.37. The summed E-state index contributed by atoms with van der Waals surface area (Å²) < 4.78 is 6.09. The number of ether oxygens (including phenoxy) is 1. The molecule has 0 atom stereocenters. The lowest BCUT2D eigenvalue weighted by Gasteiger charge is -2.37. The molecule has 2 nitrogen and oxygen atoms in total. The number of hydrogen-bond donors (Lipinski definition) is 1. The van der Waals surface area contributed by atoms with E-state index in [4.69, 9.17) is 4.74 Å². The highest BCUT2D eigenvalue weighted by Crippen LogP contribution is 2.52. The van der Waals surface area contributed by atoms with E-state index < -0.39 is 5.60 Å². The van der Waals surface area contributed by atoms with Gasteiger partial charge >= 0.3 is 0 Å². The molecule has 0 bridgehead atoms. The summed E-state index contributed by atoms with van der Waals surface area (Å²) in [4.78, 5) is 2.15. The maximum Gasteiger partial charge on any atom is 0.148 e. The van der Waals surface area contributed by atoms with Crippen LogP contribution in [-0.2, 0) is 5.60 Å². The van der Waals surface area contributed by atoms with Crippen LogP contribution in [0.3, 0.4) is 0 Å². The molecule has 0 saturated heterocycles. The second kappa shape index (κ2) is 6.86. The van der Waals surface area contributed by atoms with E-state index in [0.29, 0.717) is 11.5 Å². The maximum absolute atomic E-state index is 12.2. The molecule has 136 valence electrons. The lowest BCUT2D eigenvalue weighted by Crippen LogP contribution is -2.32. The van der Waals surface area contributed by atoms with Gasteiger partial charge in [-0.25, -0.2) is 0 Å². The van der Waals surface area contributed by atoms with Gasteiger partial charge in [-0.3, -0.25) is 0 Å². The van der Waals surface area contributed by atoms with Crippen molar-refractivity contribution in [3.05, 3.63) is 120 Å². The van der Waals surface area contributed by atoms with Crippen LogP contribution in [0.4, 0.5) is 0 Å². The fraction of sp³-hybridized carbons (Fsp3) is 0.0400. The van der Waals surface area contributed by atoms with Gasteiger partial charge in [0.25, 0.3) is 0 Å². The summed E-state index contributed by atoms with van der Waals surface area (Å²) in [7, 11) is 0. The van der Waals surface area contributed by atoms with Gasteiger partial charge in [0.05, 0.1) is 0 Å². The second-order valence-corrected chi connectivity index (χ2v) is 7.83. The van der Waals surface area contributed by atoms with Gasteiger partial charge in [0, 0.05) is 26.5 Å². The van der Waals surface area contributed by atoms with Crippen LogP contribution < -0.4 is 4.74 Å². The van der Waals surface area contributed by atoms with Crippen LogP contribution in [0.15, 0.2) is 113 Å². The van der Waals surface area contributed by atoms with Crippen molar-refractivity contribution in [2.75, 3.05) is 0 Å². The number of rotatable bonds is 3. The van der Waals surface area contributed by atoms with Gasteiger partial charge in [-0.15, -0.1) is 0 Å². The third-order valence-corrected chi connectivity index (χ3v) is 6.11. The van der Waals surface area contributed by atoms with Crippen molar-refractivity contribution in [2.45, 2.75) is 15.4 Å². The van der Waals surface area contributed by atoms with Gasteiger partial charge in [0.2, 0.25) is 0 Å². The predicted molar refractivity (Wildman–Crippen MR) is 112 cm³/mol. The second-order valence-electron chi connectivity index (χ2n) is 6.72. The predicted octanol–water partition coefficient (Wildman–Crippen LogP) is 6.23. The summed E-state index contributed by atoms with van der Waals surface area (Å²) in [6.45, 7) is 0. The summed E-state index contributed by atoms with van der Waals surface area (Å²) in [5.41, 5.74) is 1.08. The zero-order valence-corrected chi connectivity index (χ0v) is 15.9. The quantitative estimate of drug-likeness (QED) is 0.456. The van der Waals surface area contributed by atoms with E-state index in [9.17, 15) is 5.11 Å². The topological polar surface area (TPSA) is 29.5 Å². The Morgan fingerprint density at radius 3 is 1.71 bits per heavy atom. The molecule has 0 radical (unpaired) electrons. The Morgan fingerprint density at radius 2 is 1.07 bits per heavy atom. The van der Waals surface area contributed by atoms with Crippen molar-refractivity contribution < 1.29 is 9.84 Å². The highest BCUT2D eigenvalue weighted by atomic mass is 32.2. The summed E-state index contributed by atoms with van der Waals surface area (Å²) in [6.07, 6.45) is 0. The van der Waals surface area contributed by atoms with Crippen molar-refractivity contribution in [3.8, 4) is 11.5 Å². The Hall–Kier alpha value is -3.01. The normalized spacial score (nSPS) is 13.9. The standard InChI is InChI=1S/C25H18O2S/c26-25(21-14-6-9-17-24(21)28-18-10-2-1-3-11-18)19-12-4-7-15-22(19)27-23-16-8-5-13-20(23)25/h1-17,26H. The van der Waals surface area contributed by atoms with Crippen molar-refractivity contribution in [3.63, 3.8) is 0 Å². The van der Waals surface area contributed by atoms with Crippen molar-refractivity contribution in [1.82, 2.24) is 0 Å². The van der Waals surface area contributed by atoms with Gasteiger partial charge < -0.3 is 9.84 Å². The fourth-order valence-corrected chi connectivity index (χ4v) is 4.75. The van der Waals surface area contributed by atoms with E-state index in [-0.39, 0.29) is 0 Å². The van der Waals surface area contributed by atoms with Crippen LogP contribution in [0.25, 0.3) is 0 Å². The van der Waals surface area contributed by atoms with E-state index in [2.05, 4.69) is 18.2 Å². The van der Waals surface area contributed by atoms with Crippen LogP contribution in [-0.4, -0.2) is 5.11 Å². The summed E-state index contributed by atoms with van der Waals surface area (Å²) >= 11 is 1.65. The van der Waals surface area contributed by atoms with Crippen LogP contribution >= 0.6 is 11.8 Å². The molecule has 0 saturated carbocycles. The Labute approximate surface area is 168 Å². The SMILES string of the molecule is OC1(c2ccccc2Sc2ccccc2)c2ccccc2Oc2ccccc21. The number of para-hydroxylation sites is 2. The molecule has 4 aromatic carbocycles. The molecule has 1 heterocycles. The van der Waals surface area contributed by atoms with Gasteiger partial charge in [0.15, 0.2) is 0 Å². The first-order chi connectivity index (χ1) is 13.8. The van der Waals surface area contributed by atoms with E-state index in [1.807, 2.05) is 84.9 Å². The fourth-order valence-electron chi connectivity index (χ4n) is 3.73. The van der Waals surface area contributed by atoms with Crippen LogP contribution in [0.5, 0.6) is 11.5 Å². The van der Waals surface area contributed by atoms with Gasteiger partial charge in [-0.1, -0.05) is 84.6 Å². The lowest BCUT2D eigenvalue weighted by atomic mass is 9.78. The first kappa shape index (κ1) is 17.1. The smallest absolute Gasteiger partial charge is 0.148 e. The zero-order chi connectivity index (χ0) is 19.0. The number of hydrogen-bond acceptors (Lipinski definition) is 3. The monoisotopic (exact) mass is 382 g/mol. The van der Waals surface area contributed by atoms with Gasteiger partial charge in [0.1, 0.15) is 17.1 Å². The Bertz CT molecular complexity index is 1090. The lowest BCUT2D eigenvalue weighted by molar-refractivity contribution is 0.110. The Morgan fingerprint density at radius 1 is 0.571 bits per heavy atom. The largest absolute Gasteiger partial charge is 0.457 e. The molecule has 0 fully saturated rings. The third-order valence-electron chi connectivity index (χ3n) is 5.02. The average molecular weight is 382 g/mol. The minimum Gasteiger partial charge on any atom is -0.457 e. The molecule has 1 N–H and O–H groups in total. The molecule has 1 aliphatic heterocycles. The number of benzene rings is 4. The van der Waals surface area contributed by atoms with Crippen LogP contribution in [0.2, 0.25) is 0 Å². The summed E-state index contributed by atoms with van der Waals surface area (Å²) in [5, 5.41) is 12.2. The Balaban J connectivity index is 1.74. The van der Waals surface area contributed by atoms with E-state index >= 15 is 0 Å². The molecule has 1 aliphatic rings. The van der Waals surface area contributed by atoms with Gasteiger partial charge in [-0.2, -0.15) is 0 Å². The first-order valence-electron chi connectivity index (χ1n) is 9.18. The molecule has 5 rings (SSSR count). The number of aliphatic hydroxyl groups is 1. The molecule has 0 unspecified atom stereocenters. The Kier molecular flexibility index (Phi) is 4.19. The van der Waals surface area contributed by atoms with Crippen molar-refractivity contribution in [1.29, 1.82) is 0 Å². The van der Waals surface area contributed by atoms with Crippen LogP contribution in [0.1, 0.15) is 16.7 Å².